The molecule has 0 aromatic heterocycles. The molecular weight excluding hydrogens is 314 g/mol. The van der Waals surface area contributed by atoms with E-state index in [-0.39, 0.29) is 11.5 Å². The van der Waals surface area contributed by atoms with Gasteiger partial charge in [0.1, 0.15) is 11.6 Å². The molecule has 0 spiro atoms. The van der Waals surface area contributed by atoms with Crippen LogP contribution < -0.4 is 10.6 Å². The first-order valence-corrected chi connectivity index (χ1v) is 8.95. The van der Waals surface area contributed by atoms with Gasteiger partial charge in [-0.3, -0.25) is 4.79 Å². The highest BCUT2D eigenvalue weighted by molar-refractivity contribution is 5.97. The van der Waals surface area contributed by atoms with E-state index >= 15 is 0 Å². The third-order valence-corrected chi connectivity index (χ3v) is 3.86. The van der Waals surface area contributed by atoms with Crippen LogP contribution in [0.2, 0.25) is 0 Å². The molecule has 136 valence electrons. The van der Waals surface area contributed by atoms with Gasteiger partial charge in [0.25, 0.3) is 5.91 Å². The molecule has 0 fully saturated rings. The van der Waals surface area contributed by atoms with Crippen LogP contribution in [0.4, 0.5) is 5.69 Å². The summed E-state index contributed by atoms with van der Waals surface area (Å²) >= 11 is 0. The van der Waals surface area contributed by atoms with Crippen LogP contribution in [-0.2, 0) is 16.0 Å². The average Bonchev–Trinajstić information content (AvgIpc) is 2.62. The van der Waals surface area contributed by atoms with E-state index in [1.54, 1.807) is 0 Å². The maximum absolute atomic E-state index is 12.1. The average molecular weight is 343 g/mol. The van der Waals surface area contributed by atoms with E-state index in [1.807, 2.05) is 31.2 Å². The minimum absolute atomic E-state index is 0.0669. The Morgan fingerprint density at radius 2 is 2.04 bits per heavy atom. The SMILES string of the molecule is CCCCOCCCNC(=O)/C(C#N)=C\Nc1c(C)cccc1CC. The van der Waals surface area contributed by atoms with Crippen molar-refractivity contribution < 1.29 is 9.53 Å². The highest BCUT2D eigenvalue weighted by Crippen LogP contribution is 2.21. The number of rotatable bonds is 11. The van der Waals surface area contributed by atoms with Crippen molar-refractivity contribution in [1.29, 1.82) is 5.26 Å². The van der Waals surface area contributed by atoms with Crippen LogP contribution in [0, 0.1) is 18.3 Å². The van der Waals surface area contributed by atoms with E-state index in [2.05, 4.69) is 24.5 Å². The van der Waals surface area contributed by atoms with E-state index in [4.69, 9.17) is 4.74 Å². The van der Waals surface area contributed by atoms with Crippen molar-refractivity contribution in [1.82, 2.24) is 5.32 Å². The summed E-state index contributed by atoms with van der Waals surface area (Å²) in [6.07, 6.45) is 5.26. The normalized spacial score (nSPS) is 11.0. The smallest absolute Gasteiger partial charge is 0.263 e. The fourth-order valence-electron chi connectivity index (χ4n) is 2.34. The number of anilines is 1. The summed E-state index contributed by atoms with van der Waals surface area (Å²) in [7, 11) is 0. The second-order valence-electron chi connectivity index (χ2n) is 5.85. The Hall–Kier alpha value is -2.32. The third kappa shape index (κ3) is 7.40. The molecule has 0 heterocycles. The molecule has 1 aromatic carbocycles. The van der Waals surface area contributed by atoms with Gasteiger partial charge in [0.2, 0.25) is 0 Å². The van der Waals surface area contributed by atoms with E-state index in [0.717, 1.165) is 49.1 Å². The van der Waals surface area contributed by atoms with Crippen molar-refractivity contribution >= 4 is 11.6 Å². The molecule has 0 saturated carbocycles. The van der Waals surface area contributed by atoms with E-state index in [0.29, 0.717) is 13.2 Å². The number of nitriles is 1. The molecule has 5 nitrogen and oxygen atoms in total. The van der Waals surface area contributed by atoms with Crippen LogP contribution in [0.5, 0.6) is 0 Å². The van der Waals surface area contributed by atoms with Gasteiger partial charge in [0.05, 0.1) is 0 Å². The molecule has 0 bridgehead atoms. The first kappa shape index (κ1) is 20.7. The number of carbonyl (C=O) groups excluding carboxylic acids is 1. The number of aryl methyl sites for hydroxylation is 2. The van der Waals surface area contributed by atoms with Crippen molar-refractivity contribution in [3.63, 3.8) is 0 Å². The molecule has 0 aliphatic heterocycles. The van der Waals surface area contributed by atoms with Crippen LogP contribution >= 0.6 is 0 Å². The second kappa shape index (κ2) is 12.1. The van der Waals surface area contributed by atoms with Crippen LogP contribution in [0.15, 0.2) is 30.0 Å². The third-order valence-electron chi connectivity index (χ3n) is 3.86. The number of hydrogen-bond acceptors (Lipinski definition) is 4. The summed E-state index contributed by atoms with van der Waals surface area (Å²) in [6.45, 7) is 8.06. The molecule has 0 radical (unpaired) electrons. The van der Waals surface area contributed by atoms with Crippen molar-refractivity contribution in [3.05, 3.63) is 41.1 Å². The van der Waals surface area contributed by atoms with Gasteiger partial charge in [0.15, 0.2) is 0 Å². The minimum atomic E-state index is -0.366. The Bertz CT molecular complexity index is 618. The number of carbonyl (C=O) groups is 1. The Morgan fingerprint density at radius 1 is 1.28 bits per heavy atom. The minimum Gasteiger partial charge on any atom is -0.381 e. The lowest BCUT2D eigenvalue weighted by atomic mass is 10.1. The van der Waals surface area contributed by atoms with Crippen molar-refractivity contribution in [2.45, 2.75) is 46.5 Å². The zero-order chi connectivity index (χ0) is 18.5. The van der Waals surface area contributed by atoms with Gasteiger partial charge in [-0.25, -0.2) is 0 Å². The molecule has 0 unspecified atom stereocenters. The van der Waals surface area contributed by atoms with Crippen LogP contribution in [-0.4, -0.2) is 25.7 Å². The largest absolute Gasteiger partial charge is 0.381 e. The maximum Gasteiger partial charge on any atom is 0.263 e. The lowest BCUT2D eigenvalue weighted by Crippen LogP contribution is -2.26. The molecule has 1 amide bonds. The van der Waals surface area contributed by atoms with E-state index in [9.17, 15) is 10.1 Å². The standard InChI is InChI=1S/C20H29N3O2/c1-4-6-12-25-13-8-11-22-20(24)18(14-21)15-23-19-16(3)9-7-10-17(19)5-2/h7,9-10,15,23H,4-6,8,11-13H2,1-3H3,(H,22,24)/b18-15-. The monoisotopic (exact) mass is 343 g/mol. The summed E-state index contributed by atoms with van der Waals surface area (Å²) in [5.41, 5.74) is 3.25. The lowest BCUT2D eigenvalue weighted by Gasteiger charge is -2.11. The van der Waals surface area contributed by atoms with Crippen LogP contribution in [0.3, 0.4) is 0 Å². The van der Waals surface area contributed by atoms with Crippen molar-refractivity contribution in [2.24, 2.45) is 0 Å². The number of hydrogen-bond donors (Lipinski definition) is 2. The van der Waals surface area contributed by atoms with Crippen LogP contribution in [0.25, 0.3) is 0 Å². The zero-order valence-corrected chi connectivity index (χ0v) is 15.5. The van der Waals surface area contributed by atoms with Crippen molar-refractivity contribution in [2.75, 3.05) is 25.1 Å². The fourth-order valence-corrected chi connectivity index (χ4v) is 2.34. The molecule has 0 atom stereocenters. The van der Waals surface area contributed by atoms with Gasteiger partial charge in [-0.1, -0.05) is 38.5 Å². The Morgan fingerprint density at radius 3 is 2.72 bits per heavy atom. The first-order valence-electron chi connectivity index (χ1n) is 8.95. The molecule has 0 aliphatic rings. The van der Waals surface area contributed by atoms with E-state index < -0.39 is 0 Å². The van der Waals surface area contributed by atoms with Gasteiger partial charge in [-0.05, 0) is 37.3 Å². The number of para-hydroxylation sites is 1. The molecule has 0 saturated heterocycles. The van der Waals surface area contributed by atoms with Gasteiger partial charge in [0, 0.05) is 31.6 Å². The topological polar surface area (TPSA) is 74.1 Å². The number of unbranched alkanes of at least 4 members (excludes halogenated alkanes) is 1. The second-order valence-corrected chi connectivity index (χ2v) is 5.85. The summed E-state index contributed by atoms with van der Waals surface area (Å²) < 4.78 is 5.44. The van der Waals surface area contributed by atoms with E-state index in [1.165, 1.54) is 6.20 Å². The number of amides is 1. The molecule has 1 aromatic rings. The highest BCUT2D eigenvalue weighted by Gasteiger charge is 2.09. The lowest BCUT2D eigenvalue weighted by molar-refractivity contribution is -0.117. The molecular formula is C20H29N3O2. The molecule has 1 rings (SSSR count). The number of nitrogens with zero attached hydrogens (tertiary/aromatic N) is 1. The number of benzene rings is 1. The maximum atomic E-state index is 12.1. The zero-order valence-electron chi connectivity index (χ0n) is 15.5. The predicted octanol–water partition coefficient (Wildman–Crippen LogP) is 3.70. The van der Waals surface area contributed by atoms with Gasteiger partial charge in [-0.15, -0.1) is 0 Å². The molecule has 5 heteroatoms. The highest BCUT2D eigenvalue weighted by atomic mass is 16.5. The molecule has 25 heavy (non-hydrogen) atoms. The van der Waals surface area contributed by atoms with Crippen LogP contribution in [0.1, 0.15) is 44.2 Å². The number of ether oxygens (including phenoxy) is 1. The van der Waals surface area contributed by atoms with Gasteiger partial charge < -0.3 is 15.4 Å². The van der Waals surface area contributed by atoms with Gasteiger partial charge in [-0.2, -0.15) is 5.26 Å². The first-order chi connectivity index (χ1) is 12.1. The van der Waals surface area contributed by atoms with Gasteiger partial charge >= 0.3 is 0 Å². The van der Waals surface area contributed by atoms with Crippen molar-refractivity contribution in [3.8, 4) is 6.07 Å². The Balaban J connectivity index is 2.51. The summed E-state index contributed by atoms with van der Waals surface area (Å²) in [4.78, 5) is 12.1. The molecule has 2 N–H and O–H groups in total. The quantitative estimate of drug-likeness (QED) is 0.365. The number of nitrogens with one attached hydrogen (secondary N) is 2. The summed E-state index contributed by atoms with van der Waals surface area (Å²) in [5.74, 6) is -0.366. The molecule has 0 aliphatic carbocycles. The predicted molar refractivity (Wildman–Crippen MR) is 101 cm³/mol. The fraction of sp³-hybridized carbons (Fsp3) is 0.500. The summed E-state index contributed by atoms with van der Waals surface area (Å²) in [6, 6.07) is 7.99. The summed E-state index contributed by atoms with van der Waals surface area (Å²) in [5, 5.41) is 15.1. The Kier molecular flexibility index (Phi) is 10.0. The Labute approximate surface area is 151 Å².